The highest BCUT2D eigenvalue weighted by molar-refractivity contribution is 7.71. The molecule has 3 aliphatic rings. The topological polar surface area (TPSA) is 93.2 Å². The minimum absolute atomic E-state index is 0.212. The van der Waals surface area contributed by atoms with Gasteiger partial charge in [0.25, 0.3) is 5.79 Å². The molecule has 45 heavy (non-hydrogen) atoms. The first kappa shape index (κ1) is 28.7. The van der Waals surface area contributed by atoms with Crippen LogP contribution in [0.5, 0.6) is 11.5 Å². The van der Waals surface area contributed by atoms with E-state index in [0.29, 0.717) is 38.6 Å². The van der Waals surface area contributed by atoms with E-state index in [9.17, 15) is 4.39 Å². The average Bonchev–Trinajstić information content (AvgIpc) is 3.69. The second-order valence-corrected chi connectivity index (χ2v) is 13.0. The maximum atomic E-state index is 14.9. The van der Waals surface area contributed by atoms with Crippen LogP contribution < -0.4 is 9.47 Å². The van der Waals surface area contributed by atoms with Gasteiger partial charge in [-0.05, 0) is 93.0 Å². The summed E-state index contributed by atoms with van der Waals surface area (Å²) in [5.41, 5.74) is 4.37. The minimum atomic E-state index is -1.26. The summed E-state index contributed by atoms with van der Waals surface area (Å²) >= 11 is 11.1. The number of ether oxygens (including phenoxy) is 3. The molecular formula is C33H32ClFN6O3S. The molecule has 0 bridgehead atoms. The van der Waals surface area contributed by atoms with E-state index in [4.69, 9.17) is 43.0 Å². The van der Waals surface area contributed by atoms with Gasteiger partial charge in [0.1, 0.15) is 11.6 Å². The van der Waals surface area contributed by atoms with Gasteiger partial charge in [-0.2, -0.15) is 4.98 Å². The number of nitrogens with zero attached hydrogens (tertiary/aromatic N) is 4. The SMILES string of the molecule is CC1(c2ccc(Cl)cc2F)Oc2cccc(C3CCN(Cc4nc5cc(-c6nc(=S)[nH][nH]6)ccc5n4CC4CCO4)CC3)c2O1. The van der Waals surface area contributed by atoms with Gasteiger partial charge in [0, 0.05) is 29.7 Å². The summed E-state index contributed by atoms with van der Waals surface area (Å²) in [6, 6.07) is 16.8. The van der Waals surface area contributed by atoms with E-state index in [1.807, 2.05) is 12.1 Å². The predicted molar refractivity (Wildman–Crippen MR) is 171 cm³/mol. The largest absolute Gasteiger partial charge is 0.444 e. The van der Waals surface area contributed by atoms with Crippen molar-refractivity contribution in [1.82, 2.24) is 29.6 Å². The van der Waals surface area contributed by atoms with E-state index in [1.165, 1.54) is 6.07 Å². The molecule has 3 aliphatic heterocycles. The van der Waals surface area contributed by atoms with Crippen LogP contribution in [0.2, 0.25) is 5.02 Å². The Balaban J connectivity index is 1.00. The normalized spacial score (nSPS) is 21.8. The van der Waals surface area contributed by atoms with Gasteiger partial charge in [-0.15, -0.1) is 0 Å². The van der Waals surface area contributed by atoms with E-state index in [0.717, 1.165) is 80.0 Å². The Labute approximate surface area is 269 Å². The van der Waals surface area contributed by atoms with Gasteiger partial charge in [-0.3, -0.25) is 15.1 Å². The van der Waals surface area contributed by atoms with Crippen LogP contribution in [-0.2, 0) is 23.6 Å². The third-order valence-electron chi connectivity index (χ3n) is 9.21. The number of hydrogen-bond donors (Lipinski definition) is 2. The summed E-state index contributed by atoms with van der Waals surface area (Å²) in [6.45, 7) is 5.92. The lowest BCUT2D eigenvalue weighted by atomic mass is 9.88. The number of benzene rings is 3. The molecule has 0 saturated carbocycles. The molecule has 2 aromatic heterocycles. The van der Waals surface area contributed by atoms with Crippen LogP contribution in [0.1, 0.15) is 49.1 Å². The number of likely N-dealkylation sites (tertiary alicyclic amines) is 1. The predicted octanol–water partition coefficient (Wildman–Crippen LogP) is 7.09. The number of halogens is 2. The molecule has 3 aromatic carbocycles. The maximum Gasteiger partial charge on any atom is 0.278 e. The fraction of sp³-hybridized carbons (Fsp3) is 0.364. The quantitative estimate of drug-likeness (QED) is 0.182. The number of imidazole rings is 1. The van der Waals surface area contributed by atoms with Crippen LogP contribution in [0.3, 0.4) is 0 Å². The Kier molecular flexibility index (Phi) is 7.16. The fourth-order valence-corrected chi connectivity index (χ4v) is 7.03. The molecule has 5 heterocycles. The van der Waals surface area contributed by atoms with Gasteiger partial charge in [0.2, 0.25) is 4.77 Å². The molecule has 2 fully saturated rings. The number of hydrogen-bond acceptors (Lipinski definition) is 7. The monoisotopic (exact) mass is 646 g/mol. The van der Waals surface area contributed by atoms with Crippen molar-refractivity contribution in [3.8, 4) is 22.9 Å². The van der Waals surface area contributed by atoms with Crippen molar-refractivity contribution in [2.45, 2.75) is 57.1 Å². The molecule has 2 N–H and O–H groups in total. The van der Waals surface area contributed by atoms with E-state index >= 15 is 0 Å². The number of aromatic amines is 2. The van der Waals surface area contributed by atoms with Crippen LogP contribution in [0.4, 0.5) is 4.39 Å². The van der Waals surface area contributed by atoms with Gasteiger partial charge in [0.05, 0.1) is 35.8 Å². The fourth-order valence-electron chi connectivity index (χ4n) is 6.73. The molecule has 0 radical (unpaired) electrons. The van der Waals surface area contributed by atoms with Crippen molar-refractivity contribution in [3.05, 3.63) is 87.2 Å². The van der Waals surface area contributed by atoms with Crippen molar-refractivity contribution in [3.63, 3.8) is 0 Å². The van der Waals surface area contributed by atoms with Crippen molar-refractivity contribution in [2.75, 3.05) is 19.7 Å². The first-order valence-corrected chi connectivity index (χ1v) is 16.1. The lowest BCUT2D eigenvalue weighted by Crippen LogP contribution is -2.35. The Bertz CT molecular complexity index is 1960. The zero-order chi connectivity index (χ0) is 30.7. The number of aromatic nitrogens is 5. The number of H-pyrrole nitrogens is 2. The average molecular weight is 647 g/mol. The highest BCUT2D eigenvalue weighted by atomic mass is 35.5. The molecule has 5 aromatic rings. The van der Waals surface area contributed by atoms with E-state index in [2.05, 4.69) is 48.9 Å². The van der Waals surface area contributed by atoms with E-state index in [1.54, 1.807) is 19.1 Å². The molecule has 2 saturated heterocycles. The second-order valence-electron chi connectivity index (χ2n) is 12.1. The van der Waals surface area contributed by atoms with Gasteiger partial charge >= 0.3 is 0 Å². The lowest BCUT2D eigenvalue weighted by molar-refractivity contribution is -0.0712. The summed E-state index contributed by atoms with van der Waals surface area (Å²) < 4.78 is 36.0. The van der Waals surface area contributed by atoms with Crippen LogP contribution in [0, 0.1) is 10.6 Å². The molecular weight excluding hydrogens is 615 g/mol. The summed E-state index contributed by atoms with van der Waals surface area (Å²) in [5, 5.41) is 6.23. The van der Waals surface area contributed by atoms with Gasteiger partial charge in [0.15, 0.2) is 17.3 Å². The second kappa shape index (κ2) is 11.2. The highest BCUT2D eigenvalue weighted by Crippen LogP contribution is 2.50. The van der Waals surface area contributed by atoms with Crippen LogP contribution in [-0.4, -0.2) is 55.4 Å². The number of rotatable bonds is 7. The van der Waals surface area contributed by atoms with E-state index < -0.39 is 11.6 Å². The molecule has 0 aliphatic carbocycles. The van der Waals surface area contributed by atoms with Crippen molar-refractivity contribution >= 4 is 34.9 Å². The maximum absolute atomic E-state index is 14.9. The summed E-state index contributed by atoms with van der Waals surface area (Å²) in [7, 11) is 0. The number of nitrogens with one attached hydrogen (secondary N) is 2. The Morgan fingerprint density at radius 2 is 1.89 bits per heavy atom. The first-order chi connectivity index (χ1) is 21.8. The highest BCUT2D eigenvalue weighted by Gasteiger charge is 2.43. The van der Waals surface area contributed by atoms with Gasteiger partial charge in [-0.25, -0.2) is 9.37 Å². The summed E-state index contributed by atoms with van der Waals surface area (Å²) in [6.07, 6.45) is 3.19. The molecule has 2 unspecified atom stereocenters. The zero-order valence-corrected chi connectivity index (χ0v) is 26.3. The smallest absolute Gasteiger partial charge is 0.278 e. The standard InChI is InChI=1S/C33H32ClFN6O3S/c1-33(24-7-6-21(34)16-25(24)35)43-28-4-2-3-23(30(28)44-33)19-9-12-40(13-10-19)18-29-36-26-15-20(31-37-32(45)39-38-31)5-8-27(26)41(29)17-22-11-14-42-22/h2-8,15-16,19,22H,9-14,17-18H2,1H3,(H2,37,38,39,45). The Morgan fingerprint density at radius 3 is 2.62 bits per heavy atom. The molecule has 2 atom stereocenters. The Morgan fingerprint density at radius 1 is 1.04 bits per heavy atom. The van der Waals surface area contributed by atoms with Crippen LogP contribution in [0.15, 0.2) is 54.6 Å². The molecule has 0 amide bonds. The van der Waals surface area contributed by atoms with E-state index in [-0.39, 0.29) is 6.10 Å². The Hall–Kier alpha value is -3.77. The van der Waals surface area contributed by atoms with Crippen molar-refractivity contribution < 1.29 is 18.6 Å². The first-order valence-electron chi connectivity index (χ1n) is 15.3. The lowest BCUT2D eigenvalue weighted by Gasteiger charge is -2.33. The van der Waals surface area contributed by atoms with Crippen molar-refractivity contribution in [1.29, 1.82) is 0 Å². The third-order valence-corrected chi connectivity index (χ3v) is 9.63. The van der Waals surface area contributed by atoms with Crippen molar-refractivity contribution in [2.24, 2.45) is 0 Å². The van der Waals surface area contributed by atoms with Gasteiger partial charge in [-0.1, -0.05) is 23.7 Å². The molecule has 0 spiro atoms. The minimum Gasteiger partial charge on any atom is -0.444 e. The number of piperidine rings is 1. The molecule has 8 rings (SSSR count). The van der Waals surface area contributed by atoms with Gasteiger partial charge < -0.3 is 18.8 Å². The summed E-state index contributed by atoms with van der Waals surface area (Å²) in [4.78, 5) is 11.9. The third kappa shape index (κ3) is 5.31. The number of fused-ring (bicyclic) bond motifs is 2. The van der Waals surface area contributed by atoms with Crippen LogP contribution in [0.25, 0.3) is 22.4 Å². The molecule has 9 nitrogen and oxygen atoms in total. The number of para-hydroxylation sites is 1. The van der Waals surface area contributed by atoms with Crippen LogP contribution >= 0.6 is 23.8 Å². The summed E-state index contributed by atoms with van der Waals surface area (Å²) in [5.74, 6) is 1.63. The molecule has 12 heteroatoms. The molecule has 232 valence electrons. The zero-order valence-electron chi connectivity index (χ0n) is 24.7.